The van der Waals surface area contributed by atoms with E-state index in [2.05, 4.69) is 22.2 Å². The normalized spacial score (nSPS) is 17.8. The summed E-state index contributed by atoms with van der Waals surface area (Å²) < 4.78 is 1.72. The highest BCUT2D eigenvalue weighted by atomic mass is 16.2. The molecule has 1 fully saturated rings. The van der Waals surface area contributed by atoms with Gasteiger partial charge in [0.1, 0.15) is 0 Å². The van der Waals surface area contributed by atoms with Crippen molar-refractivity contribution in [3.8, 4) is 0 Å². The lowest BCUT2D eigenvalue weighted by Gasteiger charge is -2.32. The average Bonchev–Trinajstić information content (AvgIpc) is 3.07. The van der Waals surface area contributed by atoms with E-state index in [1.807, 2.05) is 18.7 Å². The van der Waals surface area contributed by atoms with Crippen molar-refractivity contribution in [1.82, 2.24) is 25.2 Å². The van der Waals surface area contributed by atoms with Gasteiger partial charge in [0.25, 0.3) is 5.91 Å². The van der Waals surface area contributed by atoms with Gasteiger partial charge in [-0.3, -0.25) is 9.59 Å². The highest BCUT2D eigenvalue weighted by Gasteiger charge is 2.25. The molecule has 0 aliphatic carbocycles. The molecule has 132 valence electrons. The maximum Gasteiger partial charge on any atom is 0.273 e. The third-order valence-electron chi connectivity index (χ3n) is 4.10. The number of nitrogens with one attached hydrogen (secondary N) is 1. The van der Waals surface area contributed by atoms with Gasteiger partial charge in [0, 0.05) is 26.1 Å². The molecular weight excluding hydrogens is 306 g/mol. The molecule has 1 aromatic rings. The Labute approximate surface area is 143 Å². The molecule has 0 bridgehead atoms. The van der Waals surface area contributed by atoms with Crippen molar-refractivity contribution < 1.29 is 9.59 Å². The summed E-state index contributed by atoms with van der Waals surface area (Å²) in [6, 6.07) is 0.0746. The summed E-state index contributed by atoms with van der Waals surface area (Å²) in [6.45, 7) is 9.74. The number of amides is 2. The zero-order valence-electron chi connectivity index (χ0n) is 14.6. The molecule has 0 unspecified atom stereocenters. The van der Waals surface area contributed by atoms with E-state index in [9.17, 15) is 9.59 Å². The molecule has 2 amide bonds. The SMILES string of the molecule is C=CCCC(=O)N1CCC[C@H](n2cc(C(=O)NCC(C)C)nn2)C1. The Balaban J connectivity index is 1.95. The number of nitrogens with zero attached hydrogens (tertiary/aromatic N) is 4. The van der Waals surface area contributed by atoms with E-state index in [4.69, 9.17) is 0 Å². The zero-order chi connectivity index (χ0) is 17.5. The van der Waals surface area contributed by atoms with Gasteiger partial charge in [-0.15, -0.1) is 11.7 Å². The molecule has 2 heterocycles. The number of rotatable bonds is 7. The Morgan fingerprint density at radius 2 is 2.29 bits per heavy atom. The van der Waals surface area contributed by atoms with Gasteiger partial charge in [0.2, 0.25) is 5.91 Å². The van der Waals surface area contributed by atoms with Crippen LogP contribution in [-0.2, 0) is 4.79 Å². The molecule has 1 aliphatic heterocycles. The van der Waals surface area contributed by atoms with Crippen LogP contribution in [0.1, 0.15) is 56.1 Å². The van der Waals surface area contributed by atoms with Gasteiger partial charge in [-0.05, 0) is 25.2 Å². The molecule has 0 spiro atoms. The number of hydrogen-bond acceptors (Lipinski definition) is 4. The Kier molecular flexibility index (Phi) is 6.52. The molecule has 7 nitrogen and oxygen atoms in total. The van der Waals surface area contributed by atoms with E-state index in [0.717, 1.165) is 19.4 Å². The Morgan fingerprint density at radius 1 is 1.50 bits per heavy atom. The number of hydrogen-bond donors (Lipinski definition) is 1. The first kappa shape index (κ1) is 18.2. The molecule has 1 aliphatic rings. The monoisotopic (exact) mass is 333 g/mol. The van der Waals surface area contributed by atoms with Crippen molar-refractivity contribution in [1.29, 1.82) is 0 Å². The van der Waals surface area contributed by atoms with Crippen LogP contribution in [0.4, 0.5) is 0 Å². The smallest absolute Gasteiger partial charge is 0.273 e. The summed E-state index contributed by atoms with van der Waals surface area (Å²) in [7, 11) is 0. The van der Waals surface area contributed by atoms with Crippen molar-refractivity contribution in [2.45, 2.75) is 45.6 Å². The Morgan fingerprint density at radius 3 is 3.00 bits per heavy atom. The topological polar surface area (TPSA) is 80.1 Å². The fraction of sp³-hybridized carbons (Fsp3) is 0.647. The summed E-state index contributed by atoms with van der Waals surface area (Å²) in [5.41, 5.74) is 0.325. The van der Waals surface area contributed by atoms with Gasteiger partial charge in [0.15, 0.2) is 5.69 Å². The molecule has 1 atom stereocenters. The molecule has 0 radical (unpaired) electrons. The van der Waals surface area contributed by atoms with Crippen molar-refractivity contribution in [2.24, 2.45) is 5.92 Å². The Bertz CT molecular complexity index is 581. The van der Waals surface area contributed by atoms with Crippen LogP contribution in [0.15, 0.2) is 18.9 Å². The van der Waals surface area contributed by atoms with Crippen LogP contribution in [0.5, 0.6) is 0 Å². The van der Waals surface area contributed by atoms with Crippen LogP contribution in [0.25, 0.3) is 0 Å². The molecule has 0 aromatic carbocycles. The highest BCUT2D eigenvalue weighted by Crippen LogP contribution is 2.21. The standard InChI is InChI=1S/C17H27N5O2/c1-4-5-8-16(23)21-9-6-7-14(11-21)22-12-15(19-20-22)17(24)18-10-13(2)3/h4,12-14H,1,5-11H2,2-3H3,(H,18,24)/t14-/m0/s1. The van der Waals surface area contributed by atoms with Crippen LogP contribution in [0.2, 0.25) is 0 Å². The van der Waals surface area contributed by atoms with Gasteiger partial charge in [-0.1, -0.05) is 25.1 Å². The van der Waals surface area contributed by atoms with Crippen LogP contribution in [0, 0.1) is 5.92 Å². The number of piperidine rings is 1. The number of likely N-dealkylation sites (tertiary alicyclic amines) is 1. The van der Waals surface area contributed by atoms with Crippen molar-refractivity contribution in [3.63, 3.8) is 0 Å². The maximum absolute atomic E-state index is 12.2. The number of aromatic nitrogens is 3. The zero-order valence-corrected chi connectivity index (χ0v) is 14.6. The lowest BCUT2D eigenvalue weighted by molar-refractivity contribution is -0.132. The minimum absolute atomic E-state index is 0.0746. The summed E-state index contributed by atoms with van der Waals surface area (Å²) in [6.07, 6.45) is 6.50. The second kappa shape index (κ2) is 8.61. The quantitative estimate of drug-likeness (QED) is 0.772. The lowest BCUT2D eigenvalue weighted by Crippen LogP contribution is -2.40. The largest absolute Gasteiger partial charge is 0.350 e. The third kappa shape index (κ3) is 4.91. The minimum atomic E-state index is -0.204. The van der Waals surface area contributed by atoms with Gasteiger partial charge < -0.3 is 10.2 Å². The number of carbonyl (C=O) groups excluding carboxylic acids is 2. The Hall–Kier alpha value is -2.18. The molecular formula is C17H27N5O2. The number of carbonyl (C=O) groups is 2. The van der Waals surface area contributed by atoms with E-state index in [0.29, 0.717) is 37.5 Å². The second-order valence-electron chi connectivity index (χ2n) is 6.65. The van der Waals surface area contributed by atoms with Crippen molar-refractivity contribution in [2.75, 3.05) is 19.6 Å². The number of allylic oxidation sites excluding steroid dienone is 1. The van der Waals surface area contributed by atoms with E-state index in [1.165, 1.54) is 0 Å². The van der Waals surface area contributed by atoms with E-state index in [-0.39, 0.29) is 17.9 Å². The molecule has 1 N–H and O–H groups in total. The summed E-state index contributed by atoms with van der Waals surface area (Å²) in [5.74, 6) is 0.330. The van der Waals surface area contributed by atoms with Crippen molar-refractivity contribution >= 4 is 11.8 Å². The summed E-state index contributed by atoms with van der Waals surface area (Å²) in [5, 5.41) is 10.9. The first-order valence-electron chi connectivity index (χ1n) is 8.60. The first-order valence-corrected chi connectivity index (χ1v) is 8.60. The van der Waals surface area contributed by atoms with Gasteiger partial charge in [-0.25, -0.2) is 4.68 Å². The highest BCUT2D eigenvalue weighted by molar-refractivity contribution is 5.91. The summed E-state index contributed by atoms with van der Waals surface area (Å²) >= 11 is 0. The van der Waals surface area contributed by atoms with E-state index >= 15 is 0 Å². The van der Waals surface area contributed by atoms with E-state index < -0.39 is 0 Å². The molecule has 24 heavy (non-hydrogen) atoms. The molecule has 1 saturated heterocycles. The van der Waals surface area contributed by atoms with Crippen LogP contribution >= 0.6 is 0 Å². The molecule has 1 aromatic heterocycles. The van der Waals surface area contributed by atoms with Gasteiger partial charge in [-0.2, -0.15) is 0 Å². The predicted octanol–water partition coefficient (Wildman–Crippen LogP) is 1.79. The molecule has 2 rings (SSSR count). The molecule has 0 saturated carbocycles. The van der Waals surface area contributed by atoms with E-state index in [1.54, 1.807) is 17.0 Å². The van der Waals surface area contributed by atoms with Gasteiger partial charge >= 0.3 is 0 Å². The average molecular weight is 333 g/mol. The second-order valence-corrected chi connectivity index (χ2v) is 6.65. The van der Waals surface area contributed by atoms with Crippen LogP contribution in [0.3, 0.4) is 0 Å². The fourth-order valence-electron chi connectivity index (χ4n) is 2.73. The fourth-order valence-corrected chi connectivity index (χ4v) is 2.73. The predicted molar refractivity (Wildman–Crippen MR) is 91.5 cm³/mol. The summed E-state index contributed by atoms with van der Waals surface area (Å²) in [4.78, 5) is 26.1. The van der Waals surface area contributed by atoms with Crippen molar-refractivity contribution in [3.05, 3.63) is 24.5 Å². The maximum atomic E-state index is 12.2. The van der Waals surface area contributed by atoms with Crippen LogP contribution < -0.4 is 5.32 Å². The van der Waals surface area contributed by atoms with Crippen LogP contribution in [-0.4, -0.2) is 51.3 Å². The first-order chi connectivity index (χ1) is 11.5. The minimum Gasteiger partial charge on any atom is -0.350 e. The third-order valence-corrected chi connectivity index (χ3v) is 4.10. The van der Waals surface area contributed by atoms with Gasteiger partial charge in [0.05, 0.1) is 12.2 Å². The lowest BCUT2D eigenvalue weighted by atomic mass is 10.1. The molecule has 7 heteroatoms.